The number of aromatic nitrogens is 3. The molecular weight excluding hydrogens is 688 g/mol. The molecule has 2 aliphatic heterocycles. The maximum Gasteiger partial charge on any atom is 0.220 e. The highest BCUT2D eigenvalue weighted by atomic mass is 35.5. The van der Waals surface area contributed by atoms with Crippen LogP contribution in [0.3, 0.4) is 0 Å². The van der Waals surface area contributed by atoms with E-state index in [1.54, 1.807) is 13.3 Å². The third-order valence-corrected chi connectivity index (χ3v) is 10.3. The lowest BCUT2D eigenvalue weighted by molar-refractivity contribution is -0.119. The minimum absolute atomic E-state index is 0.0584. The number of ether oxygens (including phenoxy) is 1. The number of benzene rings is 2. The van der Waals surface area contributed by atoms with E-state index in [9.17, 15) is 9.18 Å². The largest absolute Gasteiger partial charge is 0.481 e. The Balaban J connectivity index is 1.13. The predicted octanol–water partition coefficient (Wildman–Crippen LogP) is 7.37. The molecule has 7 rings (SSSR count). The molecule has 3 aromatic heterocycles. The molecule has 12 heteroatoms. The number of carbonyl (C=O) groups excluding carboxylic acids is 1. The molecule has 5 aromatic rings. The zero-order valence-electron chi connectivity index (χ0n) is 28.3. The van der Waals surface area contributed by atoms with Crippen molar-refractivity contribution in [3.63, 3.8) is 0 Å². The number of pyridine rings is 3. The number of hydrogen-bond acceptors (Lipinski definition) is 8. The fourth-order valence-electron chi connectivity index (χ4n) is 6.79. The van der Waals surface area contributed by atoms with Crippen molar-refractivity contribution in [1.29, 1.82) is 0 Å². The van der Waals surface area contributed by atoms with E-state index in [2.05, 4.69) is 31.9 Å². The third kappa shape index (κ3) is 7.55. The van der Waals surface area contributed by atoms with E-state index in [-0.39, 0.29) is 23.8 Å². The molecule has 3 N–H and O–H groups in total. The molecule has 0 saturated carbocycles. The molecule has 0 aliphatic carbocycles. The summed E-state index contributed by atoms with van der Waals surface area (Å²) in [4.78, 5) is 27.5. The summed E-state index contributed by atoms with van der Waals surface area (Å²) in [5.41, 5.74) is 7.30. The molecule has 1 fully saturated rings. The average molecular weight is 727 g/mol. The van der Waals surface area contributed by atoms with E-state index in [4.69, 9.17) is 37.9 Å². The second kappa shape index (κ2) is 15.3. The number of methoxy groups -OCH3 is 1. The zero-order chi connectivity index (χ0) is 35.5. The number of carbonyl (C=O) groups is 1. The molecule has 0 radical (unpaired) electrons. The second-order valence-electron chi connectivity index (χ2n) is 12.9. The smallest absolute Gasteiger partial charge is 0.220 e. The summed E-state index contributed by atoms with van der Waals surface area (Å²) in [6.45, 7) is 2.54. The quantitative estimate of drug-likeness (QED) is 0.130. The summed E-state index contributed by atoms with van der Waals surface area (Å²) in [5.74, 6) is 1.13. The molecule has 9 nitrogen and oxygen atoms in total. The molecule has 2 aliphatic rings. The molecule has 1 saturated heterocycles. The van der Waals surface area contributed by atoms with Crippen molar-refractivity contribution in [1.82, 2.24) is 30.9 Å². The van der Waals surface area contributed by atoms with Crippen LogP contribution in [0.25, 0.3) is 33.6 Å². The standard InChI is InChI=1S/C39H38Cl2FN7O2/c1-49-16-15-32(45-19-23-17-25(42)21-43-18-23)31-11-13-33(47-38(31)49)29-7-3-5-27(36(29)40)28-6-4-8-30(37(28)41)34-12-9-24(39(48-34)51-2)20-44-22-26-10-14-35(50)46-26/h3-9,11-13,17-18,21,26,32,44-45H,10,14-16,19-20,22H2,1-2H3,(H,46,50)/t26-,32+/m0/s1. The summed E-state index contributed by atoms with van der Waals surface area (Å²) >= 11 is 14.3. The first kappa shape index (κ1) is 34.8. The molecule has 2 atom stereocenters. The summed E-state index contributed by atoms with van der Waals surface area (Å²) in [6, 6.07) is 21.4. The predicted molar refractivity (Wildman–Crippen MR) is 199 cm³/mol. The molecule has 1 amide bonds. The first-order valence-corrected chi connectivity index (χ1v) is 17.7. The van der Waals surface area contributed by atoms with E-state index in [1.807, 2.05) is 61.6 Å². The van der Waals surface area contributed by atoms with Crippen molar-refractivity contribution in [2.75, 3.05) is 32.1 Å². The van der Waals surface area contributed by atoms with Crippen molar-refractivity contribution in [3.8, 4) is 39.5 Å². The van der Waals surface area contributed by atoms with Gasteiger partial charge in [-0.05, 0) is 36.6 Å². The van der Waals surface area contributed by atoms with Gasteiger partial charge in [0.05, 0.1) is 34.7 Å². The molecular formula is C39H38Cl2FN7O2. The minimum atomic E-state index is -0.347. The van der Waals surface area contributed by atoms with Crippen LogP contribution >= 0.6 is 23.2 Å². The van der Waals surface area contributed by atoms with E-state index >= 15 is 0 Å². The molecule has 0 spiro atoms. The van der Waals surface area contributed by atoms with Crippen molar-refractivity contribution >= 4 is 34.9 Å². The Bertz CT molecular complexity index is 2080. The Labute approximate surface area is 306 Å². The average Bonchev–Trinajstić information content (AvgIpc) is 3.56. The number of anilines is 1. The second-order valence-corrected chi connectivity index (χ2v) is 13.7. The van der Waals surface area contributed by atoms with Crippen LogP contribution in [0.4, 0.5) is 10.2 Å². The number of nitrogens with one attached hydrogen (secondary N) is 3. The topological polar surface area (TPSA) is 104 Å². The summed E-state index contributed by atoms with van der Waals surface area (Å²) in [7, 11) is 3.64. The molecule has 5 heterocycles. The van der Waals surface area contributed by atoms with Gasteiger partial charge in [-0.2, -0.15) is 0 Å². The molecule has 0 bridgehead atoms. The number of rotatable bonds is 11. The van der Waals surface area contributed by atoms with Crippen LogP contribution < -0.4 is 25.6 Å². The lowest BCUT2D eigenvalue weighted by atomic mass is 9.96. The molecule has 51 heavy (non-hydrogen) atoms. The Morgan fingerprint density at radius 3 is 2.31 bits per heavy atom. The van der Waals surface area contributed by atoms with Gasteiger partial charge in [0.15, 0.2) is 0 Å². The van der Waals surface area contributed by atoms with Gasteiger partial charge < -0.3 is 25.6 Å². The highest BCUT2D eigenvalue weighted by Crippen LogP contribution is 2.43. The maximum absolute atomic E-state index is 13.7. The number of nitrogens with zero attached hydrogens (tertiary/aromatic N) is 4. The fraction of sp³-hybridized carbons (Fsp3) is 0.282. The highest BCUT2D eigenvalue weighted by Gasteiger charge is 2.26. The Morgan fingerprint density at radius 1 is 0.922 bits per heavy atom. The van der Waals surface area contributed by atoms with Gasteiger partial charge in [-0.3, -0.25) is 9.78 Å². The number of hydrogen-bond donors (Lipinski definition) is 3. The van der Waals surface area contributed by atoms with Crippen molar-refractivity contribution in [2.24, 2.45) is 0 Å². The van der Waals surface area contributed by atoms with Gasteiger partial charge in [0.25, 0.3) is 0 Å². The zero-order valence-corrected chi connectivity index (χ0v) is 29.9. The van der Waals surface area contributed by atoms with Gasteiger partial charge >= 0.3 is 0 Å². The summed E-state index contributed by atoms with van der Waals surface area (Å²) in [5, 5.41) is 11.0. The van der Waals surface area contributed by atoms with Crippen LogP contribution in [0.1, 0.15) is 42.0 Å². The van der Waals surface area contributed by atoms with Crippen molar-refractivity contribution in [3.05, 3.63) is 112 Å². The van der Waals surface area contributed by atoms with Gasteiger partial charge in [-0.25, -0.2) is 14.4 Å². The summed E-state index contributed by atoms with van der Waals surface area (Å²) in [6.07, 6.45) is 5.18. The van der Waals surface area contributed by atoms with Crippen molar-refractivity contribution in [2.45, 2.75) is 44.4 Å². The SMILES string of the molecule is COc1nc(-c2cccc(-c3cccc(-c4ccc5c(n4)N(C)CC[C@H]5NCc4cncc(F)c4)c3Cl)c2Cl)ccc1CNC[C@@H]1CCC(=O)N1. The van der Waals surface area contributed by atoms with Gasteiger partial charge in [-0.15, -0.1) is 0 Å². The van der Waals surface area contributed by atoms with Crippen LogP contribution in [-0.4, -0.2) is 54.1 Å². The van der Waals surface area contributed by atoms with Crippen molar-refractivity contribution < 1.29 is 13.9 Å². The van der Waals surface area contributed by atoms with E-state index in [1.165, 1.54) is 12.3 Å². The summed E-state index contributed by atoms with van der Waals surface area (Å²) < 4.78 is 19.4. The van der Waals surface area contributed by atoms with Crippen LogP contribution in [0, 0.1) is 5.82 Å². The lowest BCUT2D eigenvalue weighted by Gasteiger charge is -2.33. The number of halogens is 3. The Kier molecular flexibility index (Phi) is 10.5. The number of fused-ring (bicyclic) bond motifs is 1. The normalized spacial score (nSPS) is 17.0. The third-order valence-electron chi connectivity index (χ3n) is 9.47. The van der Waals surface area contributed by atoms with E-state index in [0.717, 1.165) is 69.8 Å². The first-order valence-electron chi connectivity index (χ1n) is 17.0. The maximum atomic E-state index is 13.7. The monoisotopic (exact) mass is 725 g/mol. The minimum Gasteiger partial charge on any atom is -0.481 e. The van der Waals surface area contributed by atoms with Crippen LogP contribution in [0.5, 0.6) is 5.88 Å². The Hall–Kier alpha value is -4.61. The lowest BCUT2D eigenvalue weighted by Crippen LogP contribution is -2.35. The van der Waals surface area contributed by atoms with E-state index in [0.29, 0.717) is 47.7 Å². The van der Waals surface area contributed by atoms with Gasteiger partial charge in [0.1, 0.15) is 11.6 Å². The first-order chi connectivity index (χ1) is 24.8. The van der Waals surface area contributed by atoms with Crippen LogP contribution in [0.2, 0.25) is 10.0 Å². The molecule has 2 aromatic carbocycles. The Morgan fingerprint density at radius 2 is 1.63 bits per heavy atom. The van der Waals surface area contributed by atoms with Gasteiger partial charge in [-0.1, -0.05) is 71.7 Å². The van der Waals surface area contributed by atoms with Gasteiger partial charge in [0.2, 0.25) is 11.8 Å². The molecule has 262 valence electrons. The van der Waals surface area contributed by atoms with Crippen LogP contribution in [-0.2, 0) is 17.9 Å². The fourth-order valence-corrected chi connectivity index (χ4v) is 7.44. The van der Waals surface area contributed by atoms with Crippen LogP contribution in [0.15, 0.2) is 79.1 Å². The van der Waals surface area contributed by atoms with E-state index < -0.39 is 0 Å². The van der Waals surface area contributed by atoms with Gasteiger partial charge in [0, 0.05) is 91.3 Å². The number of amides is 1. The molecule has 0 unspecified atom stereocenters. The highest BCUT2D eigenvalue weighted by molar-refractivity contribution is 6.39.